The molecule has 0 unspecified atom stereocenters. The van der Waals surface area contributed by atoms with Gasteiger partial charge in [0, 0.05) is 18.8 Å². The second-order valence-corrected chi connectivity index (χ2v) is 5.94. The van der Waals surface area contributed by atoms with Gasteiger partial charge in [0.1, 0.15) is 5.75 Å². The molecule has 0 radical (unpaired) electrons. The highest BCUT2D eigenvalue weighted by atomic mass is 16.5. The minimum Gasteiger partial charge on any atom is -0.494 e. The number of hydrogen-bond donors (Lipinski definition) is 0. The number of anilines is 1. The molecule has 0 atom stereocenters. The number of nitrogens with zero attached hydrogens (tertiary/aromatic N) is 3. The summed E-state index contributed by atoms with van der Waals surface area (Å²) in [6, 6.07) is 16.0. The average Bonchev–Trinajstić information content (AvgIpc) is 2.66. The molecule has 0 saturated heterocycles. The van der Waals surface area contributed by atoms with Crippen molar-refractivity contribution in [2.45, 2.75) is 40.0 Å². The molecule has 0 fully saturated rings. The molecule has 134 valence electrons. The lowest BCUT2D eigenvalue weighted by Crippen LogP contribution is -2.21. The lowest BCUT2D eigenvalue weighted by atomic mass is 10.2. The predicted molar refractivity (Wildman–Crippen MR) is 106 cm³/mol. The van der Waals surface area contributed by atoms with Gasteiger partial charge in [-0.2, -0.15) is 10.2 Å². The molecule has 0 aromatic heterocycles. The number of hydrogen-bond acceptors (Lipinski definition) is 4. The molecule has 25 heavy (non-hydrogen) atoms. The summed E-state index contributed by atoms with van der Waals surface area (Å²) in [4.78, 5) is 2.31. The van der Waals surface area contributed by atoms with Crippen molar-refractivity contribution in [3.63, 3.8) is 0 Å². The Hall–Kier alpha value is -2.36. The van der Waals surface area contributed by atoms with Crippen LogP contribution in [0.5, 0.6) is 5.75 Å². The molecule has 0 aliphatic heterocycles. The maximum absolute atomic E-state index is 5.71. The summed E-state index contributed by atoms with van der Waals surface area (Å²) in [6.07, 6.45) is 3.51. The first-order valence-electron chi connectivity index (χ1n) is 9.26. The van der Waals surface area contributed by atoms with Crippen molar-refractivity contribution in [2.75, 3.05) is 24.6 Å². The van der Waals surface area contributed by atoms with E-state index in [4.69, 9.17) is 4.74 Å². The van der Waals surface area contributed by atoms with Gasteiger partial charge in [0.05, 0.1) is 18.0 Å². The Morgan fingerprint density at radius 2 is 1.32 bits per heavy atom. The monoisotopic (exact) mass is 339 g/mol. The zero-order chi connectivity index (χ0) is 17.9. The van der Waals surface area contributed by atoms with Crippen LogP contribution in [0.1, 0.15) is 40.0 Å². The van der Waals surface area contributed by atoms with Gasteiger partial charge in [-0.25, -0.2) is 0 Å². The van der Waals surface area contributed by atoms with Crippen molar-refractivity contribution in [3.8, 4) is 5.75 Å². The zero-order valence-electron chi connectivity index (χ0n) is 15.6. The van der Waals surface area contributed by atoms with E-state index in [1.54, 1.807) is 0 Å². The van der Waals surface area contributed by atoms with Crippen LogP contribution in [-0.4, -0.2) is 19.7 Å². The van der Waals surface area contributed by atoms with Gasteiger partial charge in [-0.1, -0.05) is 19.8 Å². The van der Waals surface area contributed by atoms with Gasteiger partial charge >= 0.3 is 0 Å². The average molecular weight is 339 g/mol. The number of rotatable bonds is 10. The summed E-state index contributed by atoms with van der Waals surface area (Å²) < 4.78 is 5.71. The first-order chi connectivity index (χ1) is 12.3. The standard InChI is InChI=1S/C21H29N3O/c1-4-7-8-17-25-21-15-11-19(12-16-21)23-22-18-9-13-20(14-10-18)24(5-2)6-3/h9-16H,4-8,17H2,1-3H3/b23-22+. The van der Waals surface area contributed by atoms with Crippen LogP contribution in [0.25, 0.3) is 0 Å². The highest BCUT2D eigenvalue weighted by Gasteiger charge is 2.01. The molecule has 0 N–H and O–H groups in total. The fraction of sp³-hybridized carbons (Fsp3) is 0.429. The summed E-state index contributed by atoms with van der Waals surface area (Å²) in [5, 5.41) is 8.61. The van der Waals surface area contributed by atoms with Gasteiger partial charge < -0.3 is 9.64 Å². The Labute approximate surface area is 151 Å². The number of unbranched alkanes of at least 4 members (excludes halogenated alkanes) is 2. The SMILES string of the molecule is CCCCCOc1ccc(/N=N/c2ccc(N(CC)CC)cc2)cc1. The van der Waals surface area contributed by atoms with E-state index in [-0.39, 0.29) is 0 Å². The summed E-state index contributed by atoms with van der Waals surface area (Å²) in [6.45, 7) is 9.29. The van der Waals surface area contributed by atoms with Crippen LogP contribution in [0.3, 0.4) is 0 Å². The minimum atomic E-state index is 0.771. The van der Waals surface area contributed by atoms with Crippen molar-refractivity contribution >= 4 is 17.1 Å². The smallest absolute Gasteiger partial charge is 0.119 e. The molecule has 2 aromatic carbocycles. The van der Waals surface area contributed by atoms with E-state index in [1.807, 2.05) is 36.4 Å². The van der Waals surface area contributed by atoms with E-state index in [0.29, 0.717) is 0 Å². The van der Waals surface area contributed by atoms with E-state index < -0.39 is 0 Å². The second kappa shape index (κ2) is 10.5. The molecule has 0 spiro atoms. The normalized spacial score (nSPS) is 11.0. The lowest BCUT2D eigenvalue weighted by Gasteiger charge is -2.20. The molecule has 0 bridgehead atoms. The first kappa shape index (κ1) is 19.0. The van der Waals surface area contributed by atoms with Crippen LogP contribution in [0.15, 0.2) is 58.8 Å². The Kier molecular flexibility index (Phi) is 7.96. The molecule has 4 heteroatoms. The number of ether oxygens (including phenoxy) is 1. The predicted octanol–water partition coefficient (Wildman–Crippen LogP) is 6.52. The van der Waals surface area contributed by atoms with E-state index in [0.717, 1.165) is 43.2 Å². The van der Waals surface area contributed by atoms with E-state index in [1.165, 1.54) is 18.5 Å². The number of azo groups is 1. The van der Waals surface area contributed by atoms with Crippen LogP contribution in [0.4, 0.5) is 17.1 Å². The maximum Gasteiger partial charge on any atom is 0.119 e. The molecule has 0 aliphatic rings. The van der Waals surface area contributed by atoms with Gasteiger partial charge in [-0.15, -0.1) is 0 Å². The van der Waals surface area contributed by atoms with E-state index >= 15 is 0 Å². The molecule has 4 nitrogen and oxygen atoms in total. The fourth-order valence-corrected chi connectivity index (χ4v) is 2.59. The maximum atomic E-state index is 5.71. The van der Waals surface area contributed by atoms with Crippen LogP contribution < -0.4 is 9.64 Å². The highest BCUT2D eigenvalue weighted by molar-refractivity contribution is 5.52. The molecule has 0 heterocycles. The Balaban J connectivity index is 1.90. The molecule has 0 saturated carbocycles. The third-order valence-corrected chi connectivity index (χ3v) is 4.11. The van der Waals surface area contributed by atoms with Crippen molar-refractivity contribution < 1.29 is 4.74 Å². The molecular weight excluding hydrogens is 310 g/mol. The summed E-state index contributed by atoms with van der Waals surface area (Å²) in [7, 11) is 0. The number of benzene rings is 2. The van der Waals surface area contributed by atoms with E-state index in [9.17, 15) is 0 Å². The third kappa shape index (κ3) is 6.22. The lowest BCUT2D eigenvalue weighted by molar-refractivity contribution is 0.306. The fourth-order valence-electron chi connectivity index (χ4n) is 2.59. The van der Waals surface area contributed by atoms with Crippen molar-refractivity contribution in [1.82, 2.24) is 0 Å². The molecule has 0 aliphatic carbocycles. The van der Waals surface area contributed by atoms with Crippen molar-refractivity contribution in [2.24, 2.45) is 10.2 Å². The van der Waals surface area contributed by atoms with Crippen LogP contribution in [-0.2, 0) is 0 Å². The largest absolute Gasteiger partial charge is 0.494 e. The molecule has 2 rings (SSSR count). The van der Waals surface area contributed by atoms with Crippen LogP contribution in [0.2, 0.25) is 0 Å². The first-order valence-corrected chi connectivity index (χ1v) is 9.26. The molecular formula is C21H29N3O. The Morgan fingerprint density at radius 1 is 0.760 bits per heavy atom. The van der Waals surface area contributed by atoms with E-state index in [2.05, 4.69) is 48.0 Å². The van der Waals surface area contributed by atoms with Crippen molar-refractivity contribution in [1.29, 1.82) is 0 Å². The topological polar surface area (TPSA) is 37.2 Å². The van der Waals surface area contributed by atoms with Gasteiger partial charge in [-0.05, 0) is 68.8 Å². The van der Waals surface area contributed by atoms with Crippen LogP contribution in [0, 0.1) is 0 Å². The molecule has 2 aromatic rings. The van der Waals surface area contributed by atoms with Crippen LogP contribution >= 0.6 is 0 Å². The quantitative estimate of drug-likeness (QED) is 0.365. The van der Waals surface area contributed by atoms with Gasteiger partial charge in [0.2, 0.25) is 0 Å². The summed E-state index contributed by atoms with van der Waals surface area (Å²) in [5.41, 5.74) is 2.90. The highest BCUT2D eigenvalue weighted by Crippen LogP contribution is 2.23. The van der Waals surface area contributed by atoms with Gasteiger partial charge in [-0.3, -0.25) is 0 Å². The van der Waals surface area contributed by atoms with Crippen molar-refractivity contribution in [3.05, 3.63) is 48.5 Å². The third-order valence-electron chi connectivity index (χ3n) is 4.11. The second-order valence-electron chi connectivity index (χ2n) is 5.94. The minimum absolute atomic E-state index is 0.771. The summed E-state index contributed by atoms with van der Waals surface area (Å²) in [5.74, 6) is 0.888. The van der Waals surface area contributed by atoms with Gasteiger partial charge in [0.25, 0.3) is 0 Å². The zero-order valence-corrected chi connectivity index (χ0v) is 15.6. The Morgan fingerprint density at radius 3 is 1.84 bits per heavy atom. The summed E-state index contributed by atoms with van der Waals surface area (Å²) >= 11 is 0. The Bertz CT molecular complexity index is 631. The van der Waals surface area contributed by atoms with Gasteiger partial charge in [0.15, 0.2) is 0 Å². The molecule has 0 amide bonds.